The molecular weight excluding hydrogens is 314 g/mol. The minimum absolute atomic E-state index is 0.0281. The Morgan fingerprint density at radius 2 is 2.16 bits per heavy atom. The molecule has 2 heterocycles. The Hall–Kier alpha value is -2.40. The highest BCUT2D eigenvalue weighted by Gasteiger charge is 2.20. The van der Waals surface area contributed by atoms with Crippen LogP contribution < -0.4 is 5.32 Å². The number of aromatic nitrogens is 1. The fourth-order valence-electron chi connectivity index (χ4n) is 3.43. The van der Waals surface area contributed by atoms with E-state index < -0.39 is 0 Å². The first kappa shape index (κ1) is 17.4. The third kappa shape index (κ3) is 5.03. The maximum atomic E-state index is 12.1. The van der Waals surface area contributed by atoms with Gasteiger partial charge in [-0.2, -0.15) is 0 Å². The fraction of sp³-hybridized carbons (Fsp3) is 0.400. The van der Waals surface area contributed by atoms with Crippen LogP contribution in [0.3, 0.4) is 0 Å². The molecule has 0 unspecified atom stereocenters. The second-order valence-electron chi connectivity index (χ2n) is 6.67. The first-order valence-corrected chi connectivity index (χ1v) is 8.90. The van der Waals surface area contributed by atoms with Gasteiger partial charge < -0.3 is 10.4 Å². The second kappa shape index (κ2) is 8.62. The quantitative estimate of drug-likeness (QED) is 0.849. The first-order chi connectivity index (χ1) is 12.2. The highest BCUT2D eigenvalue weighted by molar-refractivity contribution is 5.96. The Kier molecular flexibility index (Phi) is 6.01. The van der Waals surface area contributed by atoms with Gasteiger partial charge in [0.05, 0.1) is 5.56 Å². The van der Waals surface area contributed by atoms with E-state index in [1.807, 2.05) is 12.3 Å². The molecule has 1 aromatic carbocycles. The Morgan fingerprint density at radius 1 is 1.28 bits per heavy atom. The van der Waals surface area contributed by atoms with Crippen LogP contribution >= 0.6 is 0 Å². The number of carbonyl (C=O) groups is 1. The van der Waals surface area contributed by atoms with Gasteiger partial charge in [-0.3, -0.25) is 14.7 Å². The topological polar surface area (TPSA) is 65.5 Å². The molecule has 5 nitrogen and oxygen atoms in total. The molecule has 132 valence electrons. The number of amides is 1. The average Bonchev–Trinajstić information content (AvgIpc) is 2.63. The lowest BCUT2D eigenvalue weighted by Gasteiger charge is -2.32. The Labute approximate surface area is 148 Å². The minimum atomic E-state index is -0.207. The number of hydrogen-bond donors (Lipinski definition) is 2. The normalized spacial score (nSPS) is 18.0. The average molecular weight is 339 g/mol. The number of nitrogens with zero attached hydrogens (tertiary/aromatic N) is 2. The van der Waals surface area contributed by atoms with E-state index in [9.17, 15) is 9.90 Å². The summed E-state index contributed by atoms with van der Waals surface area (Å²) in [5.41, 5.74) is 1.58. The van der Waals surface area contributed by atoms with Gasteiger partial charge in [0.25, 0.3) is 5.91 Å². The van der Waals surface area contributed by atoms with Gasteiger partial charge in [0.1, 0.15) is 5.75 Å². The van der Waals surface area contributed by atoms with E-state index in [1.54, 1.807) is 24.4 Å². The molecule has 1 aromatic heterocycles. The first-order valence-electron chi connectivity index (χ1n) is 8.90. The van der Waals surface area contributed by atoms with Gasteiger partial charge in [0.2, 0.25) is 0 Å². The smallest absolute Gasteiger partial charge is 0.255 e. The molecule has 0 bridgehead atoms. The van der Waals surface area contributed by atoms with E-state index >= 15 is 0 Å². The summed E-state index contributed by atoms with van der Waals surface area (Å²) in [5.74, 6) is 0.413. The number of likely N-dealkylation sites (tertiary alicyclic amines) is 1. The predicted molar refractivity (Wildman–Crippen MR) is 97.3 cm³/mol. The van der Waals surface area contributed by atoms with Gasteiger partial charge in [-0.15, -0.1) is 0 Å². The number of phenols is 1. The third-order valence-electron chi connectivity index (χ3n) is 4.72. The van der Waals surface area contributed by atoms with Crippen molar-refractivity contribution in [1.29, 1.82) is 0 Å². The molecule has 0 spiro atoms. The zero-order valence-electron chi connectivity index (χ0n) is 14.4. The van der Waals surface area contributed by atoms with Crippen molar-refractivity contribution in [3.8, 4) is 5.75 Å². The van der Waals surface area contributed by atoms with Gasteiger partial charge in [-0.05, 0) is 55.5 Å². The summed E-state index contributed by atoms with van der Waals surface area (Å²) in [4.78, 5) is 18.8. The van der Waals surface area contributed by atoms with Gasteiger partial charge in [0.15, 0.2) is 0 Å². The molecule has 0 aliphatic carbocycles. The summed E-state index contributed by atoms with van der Waals surface area (Å²) >= 11 is 0. The fourth-order valence-corrected chi connectivity index (χ4v) is 3.43. The summed E-state index contributed by atoms with van der Waals surface area (Å²) in [6, 6.07) is 10.7. The number of nitrogens with one attached hydrogen (secondary N) is 1. The molecule has 1 aliphatic heterocycles. The molecule has 1 atom stereocenters. The van der Waals surface area contributed by atoms with Crippen LogP contribution in [0.15, 0.2) is 48.8 Å². The minimum Gasteiger partial charge on any atom is -0.507 e. The molecule has 1 aliphatic rings. The number of carbonyl (C=O) groups excluding carboxylic acids is 1. The van der Waals surface area contributed by atoms with Gasteiger partial charge in [-0.25, -0.2) is 0 Å². The standard InChI is InChI=1S/C20H25N3O2/c24-19-8-2-1-7-18(19)20(25)22-11-9-16-6-4-12-23(14-16)15-17-5-3-10-21-13-17/h1-3,5,7-8,10,13,16,24H,4,6,9,11-12,14-15H2,(H,22,25)/t16-/m0/s1. The Balaban J connectivity index is 1.44. The molecule has 2 aromatic rings. The van der Waals surface area contributed by atoms with E-state index in [-0.39, 0.29) is 11.7 Å². The largest absolute Gasteiger partial charge is 0.507 e. The molecule has 1 saturated heterocycles. The molecule has 0 radical (unpaired) electrons. The summed E-state index contributed by atoms with van der Waals surface area (Å²) in [7, 11) is 0. The number of hydrogen-bond acceptors (Lipinski definition) is 4. The maximum Gasteiger partial charge on any atom is 0.255 e. The van der Waals surface area contributed by atoms with Crippen molar-refractivity contribution in [2.75, 3.05) is 19.6 Å². The van der Waals surface area contributed by atoms with Crippen molar-refractivity contribution in [3.63, 3.8) is 0 Å². The number of aromatic hydroxyl groups is 1. The van der Waals surface area contributed by atoms with Gasteiger partial charge in [-0.1, -0.05) is 18.2 Å². The second-order valence-corrected chi connectivity index (χ2v) is 6.67. The maximum absolute atomic E-state index is 12.1. The van der Waals surface area contributed by atoms with E-state index in [1.165, 1.54) is 24.5 Å². The van der Waals surface area contributed by atoms with Gasteiger partial charge >= 0.3 is 0 Å². The van der Waals surface area contributed by atoms with Crippen LogP contribution in [0.1, 0.15) is 35.2 Å². The van der Waals surface area contributed by atoms with Crippen molar-refractivity contribution in [2.45, 2.75) is 25.8 Å². The summed E-state index contributed by atoms with van der Waals surface area (Å²) in [5, 5.41) is 12.7. The monoisotopic (exact) mass is 339 g/mol. The Bertz CT molecular complexity index is 690. The third-order valence-corrected chi connectivity index (χ3v) is 4.72. The van der Waals surface area contributed by atoms with E-state index in [0.717, 1.165) is 26.1 Å². The molecule has 2 N–H and O–H groups in total. The molecule has 25 heavy (non-hydrogen) atoms. The van der Waals surface area contributed by atoms with Crippen LogP contribution in [0.25, 0.3) is 0 Å². The summed E-state index contributed by atoms with van der Waals surface area (Å²) in [6.45, 7) is 3.75. The number of phenolic OH excluding ortho intramolecular Hbond substituents is 1. The predicted octanol–water partition coefficient (Wildman–Crippen LogP) is 2.82. The summed E-state index contributed by atoms with van der Waals surface area (Å²) in [6.07, 6.45) is 7.09. The molecular formula is C20H25N3O2. The van der Waals surface area contributed by atoms with Crippen LogP contribution in [0.2, 0.25) is 0 Å². The highest BCUT2D eigenvalue weighted by atomic mass is 16.3. The van der Waals surface area contributed by atoms with E-state index in [0.29, 0.717) is 18.0 Å². The van der Waals surface area contributed by atoms with Crippen molar-refractivity contribution in [1.82, 2.24) is 15.2 Å². The van der Waals surface area contributed by atoms with Crippen molar-refractivity contribution < 1.29 is 9.90 Å². The number of benzene rings is 1. The van der Waals surface area contributed by atoms with E-state index in [2.05, 4.69) is 21.3 Å². The molecule has 1 fully saturated rings. The van der Waals surface area contributed by atoms with Crippen LogP contribution in [0.5, 0.6) is 5.75 Å². The van der Waals surface area contributed by atoms with Crippen molar-refractivity contribution in [3.05, 3.63) is 59.9 Å². The number of rotatable bonds is 6. The zero-order valence-corrected chi connectivity index (χ0v) is 14.4. The van der Waals surface area contributed by atoms with Gasteiger partial charge in [0, 0.05) is 32.0 Å². The molecule has 0 saturated carbocycles. The van der Waals surface area contributed by atoms with Crippen LogP contribution in [-0.2, 0) is 6.54 Å². The van der Waals surface area contributed by atoms with Crippen LogP contribution in [0, 0.1) is 5.92 Å². The highest BCUT2D eigenvalue weighted by Crippen LogP contribution is 2.21. The van der Waals surface area contributed by atoms with Crippen LogP contribution in [0.4, 0.5) is 0 Å². The van der Waals surface area contributed by atoms with E-state index in [4.69, 9.17) is 0 Å². The number of piperidine rings is 1. The lowest BCUT2D eigenvalue weighted by atomic mass is 9.94. The Morgan fingerprint density at radius 3 is 2.96 bits per heavy atom. The molecule has 3 rings (SSSR count). The number of pyridine rings is 1. The summed E-state index contributed by atoms with van der Waals surface area (Å²) < 4.78 is 0. The lowest BCUT2D eigenvalue weighted by Crippen LogP contribution is -2.36. The van der Waals surface area contributed by atoms with Crippen molar-refractivity contribution in [2.24, 2.45) is 5.92 Å². The molecule has 1 amide bonds. The lowest BCUT2D eigenvalue weighted by molar-refractivity contribution is 0.0943. The molecule has 5 heteroatoms. The van der Waals surface area contributed by atoms with Crippen molar-refractivity contribution >= 4 is 5.91 Å². The number of para-hydroxylation sites is 1. The SMILES string of the molecule is O=C(NCC[C@@H]1CCCN(Cc2cccnc2)C1)c1ccccc1O. The zero-order chi connectivity index (χ0) is 17.5. The van der Waals surface area contributed by atoms with Crippen LogP contribution in [-0.4, -0.2) is 40.5 Å².